The molecule has 0 aliphatic carbocycles. The number of hydrogen-bond donors (Lipinski definition) is 0. The summed E-state index contributed by atoms with van der Waals surface area (Å²) in [5.41, 5.74) is 0. The van der Waals surface area contributed by atoms with Crippen LogP contribution in [0.3, 0.4) is 0 Å². The minimum Gasteiger partial charge on any atom is -0.448 e. The molecule has 0 bridgehead atoms. The number of benzene rings is 2. The molecule has 6 heteroatoms. The highest BCUT2D eigenvalue weighted by Crippen LogP contribution is 2.54. The highest BCUT2D eigenvalue weighted by Gasteiger charge is 2.25. The molecule has 0 aromatic heterocycles. The zero-order chi connectivity index (χ0) is 12.9. The second-order valence-electron chi connectivity index (χ2n) is 3.61. The Labute approximate surface area is 137 Å². The van der Waals surface area contributed by atoms with E-state index in [4.69, 9.17) is 9.47 Å². The van der Waals surface area contributed by atoms with Crippen LogP contribution in [0.1, 0.15) is 0 Å². The highest BCUT2D eigenvalue weighted by atomic mass is 79.9. The van der Waals surface area contributed by atoms with Crippen LogP contribution in [0.4, 0.5) is 0 Å². The van der Waals surface area contributed by atoms with Gasteiger partial charge in [-0.05, 0) is 72.1 Å². The molecule has 0 saturated heterocycles. The summed E-state index contributed by atoms with van der Waals surface area (Å²) in [5.74, 6) is 2.70. The number of hydrogen-bond acceptors (Lipinski definition) is 2. The molecular weight excluding hydrogens is 496 g/mol. The van der Waals surface area contributed by atoms with Gasteiger partial charge in [-0.1, -0.05) is 15.9 Å². The largest absolute Gasteiger partial charge is 0.448 e. The summed E-state index contributed by atoms with van der Waals surface area (Å²) >= 11 is 13.8. The van der Waals surface area contributed by atoms with E-state index in [1.165, 1.54) is 0 Å². The Bertz CT molecular complexity index is 655. The van der Waals surface area contributed by atoms with E-state index in [-0.39, 0.29) is 0 Å². The molecule has 1 aliphatic heterocycles. The number of rotatable bonds is 0. The zero-order valence-corrected chi connectivity index (χ0v) is 15.0. The van der Waals surface area contributed by atoms with Crippen LogP contribution in [0.5, 0.6) is 23.0 Å². The molecule has 18 heavy (non-hydrogen) atoms. The molecule has 0 amide bonds. The van der Waals surface area contributed by atoms with Crippen LogP contribution in [-0.4, -0.2) is 0 Å². The van der Waals surface area contributed by atoms with Crippen molar-refractivity contribution in [3.05, 3.63) is 42.2 Å². The summed E-state index contributed by atoms with van der Waals surface area (Å²) in [6.45, 7) is 0. The van der Waals surface area contributed by atoms with Crippen LogP contribution in [0.2, 0.25) is 0 Å². The summed E-state index contributed by atoms with van der Waals surface area (Å²) in [7, 11) is 0. The summed E-state index contributed by atoms with van der Waals surface area (Å²) in [5, 5.41) is 0. The fourth-order valence-electron chi connectivity index (χ4n) is 1.61. The normalized spacial score (nSPS) is 12.2. The Hall–Kier alpha value is -0.0400. The maximum absolute atomic E-state index is 5.87. The van der Waals surface area contributed by atoms with Crippen LogP contribution in [0.15, 0.2) is 42.2 Å². The Morgan fingerprint density at radius 3 is 2.22 bits per heavy atom. The topological polar surface area (TPSA) is 18.5 Å². The summed E-state index contributed by atoms with van der Waals surface area (Å²) in [6, 6.07) is 7.56. The van der Waals surface area contributed by atoms with Crippen molar-refractivity contribution < 1.29 is 9.47 Å². The minimum atomic E-state index is 0.658. The molecule has 0 N–H and O–H groups in total. The average Bonchev–Trinajstić information content (AvgIpc) is 2.34. The maximum atomic E-state index is 5.87. The van der Waals surface area contributed by atoms with Crippen molar-refractivity contribution in [2.24, 2.45) is 0 Å². The van der Waals surface area contributed by atoms with Crippen molar-refractivity contribution in [2.75, 3.05) is 0 Å². The van der Waals surface area contributed by atoms with Gasteiger partial charge in [0, 0.05) is 8.95 Å². The Balaban J connectivity index is 2.19. The lowest BCUT2D eigenvalue weighted by Gasteiger charge is -2.23. The minimum absolute atomic E-state index is 0.658. The van der Waals surface area contributed by atoms with Gasteiger partial charge < -0.3 is 9.47 Å². The summed E-state index contributed by atoms with van der Waals surface area (Å²) in [6.07, 6.45) is 0. The summed E-state index contributed by atoms with van der Waals surface area (Å²) in [4.78, 5) is 0. The summed E-state index contributed by atoms with van der Waals surface area (Å²) < 4.78 is 15.2. The van der Waals surface area contributed by atoms with E-state index in [1.807, 2.05) is 24.3 Å². The molecule has 1 aliphatic rings. The second-order valence-corrected chi connectivity index (χ2v) is 7.02. The van der Waals surface area contributed by atoms with Crippen molar-refractivity contribution in [1.29, 1.82) is 0 Å². The molecular formula is C12H4Br4O2. The molecule has 3 rings (SSSR count). The zero-order valence-electron chi connectivity index (χ0n) is 8.64. The first-order valence-corrected chi connectivity index (χ1v) is 8.06. The molecule has 92 valence electrons. The predicted molar refractivity (Wildman–Crippen MR) is 83.8 cm³/mol. The molecule has 0 saturated carbocycles. The van der Waals surface area contributed by atoms with Crippen molar-refractivity contribution in [2.45, 2.75) is 0 Å². The van der Waals surface area contributed by atoms with E-state index >= 15 is 0 Å². The molecule has 2 aromatic rings. The highest BCUT2D eigenvalue weighted by molar-refractivity contribution is 9.13. The van der Waals surface area contributed by atoms with Gasteiger partial charge in [0.1, 0.15) is 0 Å². The lowest BCUT2D eigenvalue weighted by atomic mass is 10.2. The Kier molecular flexibility index (Phi) is 3.47. The Morgan fingerprint density at radius 1 is 0.722 bits per heavy atom. The standard InChI is InChI=1S/C12H4Br4O2/c13-5-1-2-8-9(3-5)18-11-7(15)4-6(14)10(16)12(11)17-8/h1-4H. The van der Waals surface area contributed by atoms with E-state index in [9.17, 15) is 0 Å². The van der Waals surface area contributed by atoms with Gasteiger partial charge in [-0.3, -0.25) is 0 Å². The fraction of sp³-hybridized carbons (Fsp3) is 0. The number of fused-ring (bicyclic) bond motifs is 2. The average molecular weight is 500 g/mol. The molecule has 2 aromatic carbocycles. The van der Waals surface area contributed by atoms with Crippen molar-refractivity contribution in [1.82, 2.24) is 0 Å². The van der Waals surface area contributed by atoms with Gasteiger partial charge in [0.15, 0.2) is 23.0 Å². The van der Waals surface area contributed by atoms with Gasteiger partial charge in [0.05, 0.1) is 8.95 Å². The molecule has 0 spiro atoms. The van der Waals surface area contributed by atoms with Crippen molar-refractivity contribution >= 4 is 63.7 Å². The number of ether oxygens (including phenoxy) is 2. The van der Waals surface area contributed by atoms with Crippen molar-refractivity contribution in [3.63, 3.8) is 0 Å². The lowest BCUT2D eigenvalue weighted by Crippen LogP contribution is -2.00. The van der Waals surface area contributed by atoms with E-state index in [1.54, 1.807) is 0 Å². The van der Waals surface area contributed by atoms with Gasteiger partial charge in [0.2, 0.25) is 0 Å². The number of halogens is 4. The van der Waals surface area contributed by atoms with E-state index < -0.39 is 0 Å². The monoisotopic (exact) mass is 496 g/mol. The van der Waals surface area contributed by atoms with Crippen molar-refractivity contribution in [3.8, 4) is 23.0 Å². The quantitative estimate of drug-likeness (QED) is 0.323. The predicted octanol–water partition coefficient (Wildman–Crippen LogP) is 6.63. The van der Waals surface area contributed by atoms with Gasteiger partial charge in [0.25, 0.3) is 0 Å². The molecule has 1 heterocycles. The van der Waals surface area contributed by atoms with Crippen LogP contribution in [0, 0.1) is 0 Å². The molecule has 0 fully saturated rings. The molecule has 0 unspecified atom stereocenters. The van der Waals surface area contributed by atoms with Gasteiger partial charge in [-0.15, -0.1) is 0 Å². The molecule has 2 nitrogen and oxygen atoms in total. The van der Waals surface area contributed by atoms with E-state index in [0.29, 0.717) is 23.0 Å². The van der Waals surface area contributed by atoms with Crippen LogP contribution in [0.25, 0.3) is 0 Å². The fourth-order valence-corrected chi connectivity index (χ4v) is 3.53. The van der Waals surface area contributed by atoms with Gasteiger partial charge >= 0.3 is 0 Å². The maximum Gasteiger partial charge on any atom is 0.186 e. The third-order valence-electron chi connectivity index (χ3n) is 2.42. The second kappa shape index (κ2) is 4.81. The first-order chi connectivity index (χ1) is 8.56. The third-order valence-corrected chi connectivity index (χ3v) is 5.44. The van der Waals surface area contributed by atoms with Crippen LogP contribution in [-0.2, 0) is 0 Å². The first kappa shape index (κ1) is 13.0. The van der Waals surface area contributed by atoms with Gasteiger partial charge in [-0.2, -0.15) is 0 Å². The third kappa shape index (κ3) is 2.13. The lowest BCUT2D eigenvalue weighted by molar-refractivity contribution is 0.355. The SMILES string of the molecule is Brc1ccc2c(c1)Oc1c(Br)cc(Br)c(Br)c1O2. The van der Waals surface area contributed by atoms with Crippen LogP contribution < -0.4 is 9.47 Å². The first-order valence-electron chi connectivity index (χ1n) is 4.89. The molecule has 0 radical (unpaired) electrons. The molecule has 0 atom stereocenters. The van der Waals surface area contributed by atoms with Crippen LogP contribution >= 0.6 is 63.7 Å². The smallest absolute Gasteiger partial charge is 0.186 e. The Morgan fingerprint density at radius 2 is 1.44 bits per heavy atom. The van der Waals surface area contributed by atoms with Gasteiger partial charge in [-0.25, -0.2) is 0 Å². The van der Waals surface area contributed by atoms with E-state index in [2.05, 4.69) is 63.7 Å². The van der Waals surface area contributed by atoms with E-state index in [0.717, 1.165) is 17.9 Å².